The second kappa shape index (κ2) is 6.58. The van der Waals surface area contributed by atoms with Gasteiger partial charge in [0.2, 0.25) is 0 Å². The predicted octanol–water partition coefficient (Wildman–Crippen LogP) is 2.82. The summed E-state index contributed by atoms with van der Waals surface area (Å²) in [6.07, 6.45) is 0. The highest BCUT2D eigenvalue weighted by Gasteiger charge is 2.17. The largest absolute Gasteiger partial charge is 0.420 e. The molecule has 108 valence electrons. The van der Waals surface area contributed by atoms with Crippen molar-refractivity contribution < 1.29 is 14.3 Å². The molecule has 0 aliphatic carbocycles. The van der Waals surface area contributed by atoms with Crippen LogP contribution < -0.4 is 16.0 Å². The number of rotatable bonds is 3. The summed E-state index contributed by atoms with van der Waals surface area (Å²) in [5, 5.41) is 0.0655. The number of ether oxygens (including phenoxy) is 1. The normalized spacial score (nSPS) is 10.0. The van der Waals surface area contributed by atoms with Crippen molar-refractivity contribution in [1.29, 1.82) is 0 Å². The van der Waals surface area contributed by atoms with E-state index in [9.17, 15) is 9.59 Å². The monoisotopic (exact) mass is 324 g/mol. The second-order valence-corrected chi connectivity index (χ2v) is 4.81. The average molecular weight is 325 g/mol. The highest BCUT2D eigenvalue weighted by Crippen LogP contribution is 2.34. The smallest absolute Gasteiger partial charge is 0.343 e. The Labute approximate surface area is 130 Å². The lowest BCUT2D eigenvalue weighted by atomic mass is 10.2. The molecule has 0 spiro atoms. The molecule has 0 aromatic heterocycles. The van der Waals surface area contributed by atoms with Crippen LogP contribution in [0.4, 0.5) is 0 Å². The zero-order valence-corrected chi connectivity index (χ0v) is 12.1. The van der Waals surface area contributed by atoms with Gasteiger partial charge in [0.15, 0.2) is 5.75 Å². The molecule has 0 aliphatic rings. The molecule has 0 saturated carbocycles. The Morgan fingerprint density at radius 1 is 1.00 bits per heavy atom. The molecule has 0 aliphatic heterocycles. The molecule has 0 saturated heterocycles. The number of carbonyl (C=O) groups excluding carboxylic acids is 2. The Morgan fingerprint density at radius 3 is 2.10 bits per heavy atom. The first kappa shape index (κ1) is 15.3. The standard InChI is InChI=1S/C14H10Cl2N2O3/c15-10-6-9(13(19)18-17)7-11(16)12(10)21-14(20)8-4-2-1-3-5-8/h1-7H,17H2,(H,18,19). The predicted molar refractivity (Wildman–Crippen MR) is 79.5 cm³/mol. The SMILES string of the molecule is NNC(=O)c1cc(Cl)c(OC(=O)c2ccccc2)c(Cl)c1. The first-order valence-electron chi connectivity index (χ1n) is 5.80. The van der Waals surface area contributed by atoms with Gasteiger partial charge in [-0.25, -0.2) is 10.6 Å². The summed E-state index contributed by atoms with van der Waals surface area (Å²) in [5.41, 5.74) is 2.47. The summed E-state index contributed by atoms with van der Waals surface area (Å²) in [7, 11) is 0. The van der Waals surface area contributed by atoms with Crippen LogP contribution in [0.2, 0.25) is 10.0 Å². The number of halogens is 2. The zero-order valence-electron chi connectivity index (χ0n) is 10.6. The Balaban J connectivity index is 2.29. The average Bonchev–Trinajstić information content (AvgIpc) is 2.50. The maximum absolute atomic E-state index is 12.0. The fourth-order valence-corrected chi connectivity index (χ4v) is 2.16. The fourth-order valence-electron chi connectivity index (χ4n) is 1.60. The van der Waals surface area contributed by atoms with E-state index >= 15 is 0 Å². The van der Waals surface area contributed by atoms with Gasteiger partial charge in [0, 0.05) is 5.56 Å². The van der Waals surface area contributed by atoms with Crippen LogP contribution in [0.5, 0.6) is 5.75 Å². The summed E-state index contributed by atoms with van der Waals surface area (Å²) < 4.78 is 5.16. The van der Waals surface area contributed by atoms with Gasteiger partial charge in [-0.05, 0) is 24.3 Å². The second-order valence-electron chi connectivity index (χ2n) is 4.00. The topological polar surface area (TPSA) is 81.4 Å². The van der Waals surface area contributed by atoms with E-state index in [1.165, 1.54) is 12.1 Å². The van der Waals surface area contributed by atoms with Gasteiger partial charge in [0.05, 0.1) is 15.6 Å². The van der Waals surface area contributed by atoms with Crippen molar-refractivity contribution >= 4 is 35.1 Å². The molecule has 0 radical (unpaired) electrons. The molecule has 2 aromatic carbocycles. The van der Waals surface area contributed by atoms with E-state index in [0.717, 1.165) is 0 Å². The molecule has 5 nitrogen and oxygen atoms in total. The number of hydrogen-bond acceptors (Lipinski definition) is 4. The van der Waals surface area contributed by atoms with Gasteiger partial charge in [-0.15, -0.1) is 0 Å². The van der Waals surface area contributed by atoms with Gasteiger partial charge >= 0.3 is 5.97 Å². The number of nitrogens with one attached hydrogen (secondary N) is 1. The van der Waals surface area contributed by atoms with Crippen LogP contribution in [0, 0.1) is 0 Å². The number of hydrazine groups is 1. The van der Waals surface area contributed by atoms with Gasteiger partial charge in [0.1, 0.15) is 0 Å². The van der Waals surface area contributed by atoms with Crippen LogP contribution >= 0.6 is 23.2 Å². The Hall–Kier alpha value is -2.08. The number of nitrogen functional groups attached to an aromatic ring is 1. The molecule has 3 N–H and O–H groups in total. The van der Waals surface area contributed by atoms with Crippen molar-refractivity contribution in [1.82, 2.24) is 5.43 Å². The first-order valence-corrected chi connectivity index (χ1v) is 6.55. The molecule has 0 unspecified atom stereocenters. The van der Waals surface area contributed by atoms with E-state index in [2.05, 4.69) is 0 Å². The highest BCUT2D eigenvalue weighted by molar-refractivity contribution is 6.38. The minimum absolute atomic E-state index is 0.0132. The third-order valence-corrected chi connectivity index (χ3v) is 3.16. The number of hydrogen-bond donors (Lipinski definition) is 2. The molecule has 1 amide bonds. The van der Waals surface area contributed by atoms with Crippen molar-refractivity contribution in [3.63, 3.8) is 0 Å². The van der Waals surface area contributed by atoms with Crippen molar-refractivity contribution in [3.05, 3.63) is 63.6 Å². The Kier molecular flexibility index (Phi) is 4.80. The van der Waals surface area contributed by atoms with Crippen LogP contribution in [0.25, 0.3) is 0 Å². The minimum atomic E-state index is -0.601. The van der Waals surface area contributed by atoms with Gasteiger partial charge in [-0.1, -0.05) is 41.4 Å². The summed E-state index contributed by atoms with van der Waals surface area (Å²) in [5.74, 6) is 3.86. The van der Waals surface area contributed by atoms with Gasteiger partial charge < -0.3 is 4.74 Å². The van der Waals surface area contributed by atoms with Crippen molar-refractivity contribution in [2.75, 3.05) is 0 Å². The third-order valence-electron chi connectivity index (χ3n) is 2.60. The summed E-state index contributed by atoms with van der Waals surface area (Å²) >= 11 is 12.0. The molecule has 2 aromatic rings. The molecule has 2 rings (SSSR count). The van der Waals surface area contributed by atoms with Gasteiger partial charge in [0.25, 0.3) is 5.91 Å². The summed E-state index contributed by atoms with van der Waals surface area (Å²) in [6, 6.07) is 11.0. The molecule has 0 heterocycles. The molecule has 0 bridgehead atoms. The number of carbonyl (C=O) groups is 2. The maximum Gasteiger partial charge on any atom is 0.343 e. The lowest BCUT2D eigenvalue weighted by molar-refractivity contribution is 0.0735. The molecule has 7 heteroatoms. The molecular weight excluding hydrogens is 315 g/mol. The van der Waals surface area contributed by atoms with Crippen molar-refractivity contribution in [3.8, 4) is 5.75 Å². The fraction of sp³-hybridized carbons (Fsp3) is 0. The van der Waals surface area contributed by atoms with Crippen LogP contribution in [0.1, 0.15) is 20.7 Å². The van der Waals surface area contributed by atoms with Crippen LogP contribution in [0.3, 0.4) is 0 Å². The first-order chi connectivity index (χ1) is 10.0. The lowest BCUT2D eigenvalue weighted by Crippen LogP contribution is -2.30. The minimum Gasteiger partial charge on any atom is -0.420 e. The van der Waals surface area contributed by atoms with E-state index in [1.807, 2.05) is 5.43 Å². The quantitative estimate of drug-likeness (QED) is 0.299. The molecule has 0 fully saturated rings. The highest BCUT2D eigenvalue weighted by atomic mass is 35.5. The lowest BCUT2D eigenvalue weighted by Gasteiger charge is -2.10. The van der Waals surface area contributed by atoms with Crippen molar-refractivity contribution in [2.45, 2.75) is 0 Å². The Morgan fingerprint density at radius 2 is 1.57 bits per heavy atom. The zero-order chi connectivity index (χ0) is 15.4. The summed E-state index contributed by atoms with van der Waals surface area (Å²) in [4.78, 5) is 23.4. The molecule has 21 heavy (non-hydrogen) atoms. The number of benzene rings is 2. The number of esters is 1. The van der Waals surface area contributed by atoms with E-state index in [-0.39, 0.29) is 21.4 Å². The maximum atomic E-state index is 12.0. The van der Waals surface area contributed by atoms with E-state index in [4.69, 9.17) is 33.8 Å². The van der Waals surface area contributed by atoms with Crippen LogP contribution in [0.15, 0.2) is 42.5 Å². The summed E-state index contributed by atoms with van der Waals surface area (Å²) in [6.45, 7) is 0. The van der Waals surface area contributed by atoms with E-state index < -0.39 is 11.9 Å². The number of amides is 1. The molecular formula is C14H10Cl2N2O3. The van der Waals surface area contributed by atoms with Crippen LogP contribution in [-0.2, 0) is 0 Å². The van der Waals surface area contributed by atoms with E-state index in [1.54, 1.807) is 30.3 Å². The van der Waals surface area contributed by atoms with E-state index in [0.29, 0.717) is 5.56 Å². The van der Waals surface area contributed by atoms with Crippen molar-refractivity contribution in [2.24, 2.45) is 5.84 Å². The van der Waals surface area contributed by atoms with Gasteiger partial charge in [-0.3, -0.25) is 10.2 Å². The third kappa shape index (κ3) is 3.52. The Bertz CT molecular complexity index is 667. The number of nitrogens with two attached hydrogens (primary N) is 1. The molecule has 0 atom stereocenters. The van der Waals surface area contributed by atoms with Gasteiger partial charge in [-0.2, -0.15) is 0 Å². The van der Waals surface area contributed by atoms with Crippen LogP contribution in [-0.4, -0.2) is 11.9 Å².